The Morgan fingerprint density at radius 3 is 2.70 bits per heavy atom. The van der Waals surface area contributed by atoms with E-state index in [1.54, 1.807) is 26.0 Å². The molecular formula is C19H23F3N4O. The molecular weight excluding hydrogens is 357 g/mol. The summed E-state index contributed by atoms with van der Waals surface area (Å²) in [5.41, 5.74) is 1.12. The van der Waals surface area contributed by atoms with E-state index in [4.69, 9.17) is 0 Å². The van der Waals surface area contributed by atoms with Crippen molar-refractivity contribution in [2.75, 3.05) is 6.54 Å². The first-order chi connectivity index (χ1) is 12.7. The van der Waals surface area contributed by atoms with E-state index in [9.17, 15) is 18.0 Å². The molecule has 1 amide bonds. The molecule has 2 N–H and O–H groups in total. The molecule has 2 aromatic rings. The number of halogens is 3. The van der Waals surface area contributed by atoms with Crippen LogP contribution in [-0.4, -0.2) is 28.3 Å². The van der Waals surface area contributed by atoms with Crippen LogP contribution in [0.25, 0.3) is 5.69 Å². The number of carbonyl (C=O) groups excluding carboxylic acids is 1. The molecule has 0 aliphatic carbocycles. The second-order valence-electron chi connectivity index (χ2n) is 6.95. The smallest absolute Gasteiger partial charge is 0.352 e. The molecule has 0 bridgehead atoms. The van der Waals surface area contributed by atoms with Gasteiger partial charge in [0.15, 0.2) is 0 Å². The van der Waals surface area contributed by atoms with Gasteiger partial charge >= 0.3 is 6.18 Å². The van der Waals surface area contributed by atoms with Crippen molar-refractivity contribution in [3.8, 4) is 5.69 Å². The van der Waals surface area contributed by atoms with E-state index in [2.05, 4.69) is 15.7 Å². The van der Waals surface area contributed by atoms with Crippen LogP contribution in [0.3, 0.4) is 0 Å². The summed E-state index contributed by atoms with van der Waals surface area (Å²) >= 11 is 0. The fourth-order valence-corrected chi connectivity index (χ4v) is 3.43. The Bertz CT molecular complexity index is 823. The SMILES string of the molecule is Cc1cc(C)n(-c2ccc(CNC(=O)CC3CCCN3)c(C(F)(F)F)c2)n1. The summed E-state index contributed by atoms with van der Waals surface area (Å²) in [5.74, 6) is -0.245. The number of nitrogens with zero attached hydrogens (tertiary/aromatic N) is 2. The Hall–Kier alpha value is -2.35. The lowest BCUT2D eigenvalue weighted by atomic mass is 10.1. The molecule has 3 rings (SSSR count). The topological polar surface area (TPSA) is 59.0 Å². The summed E-state index contributed by atoms with van der Waals surface area (Å²) in [5, 5.41) is 10.1. The maximum Gasteiger partial charge on any atom is 0.416 e. The molecule has 1 atom stereocenters. The summed E-state index contributed by atoms with van der Waals surface area (Å²) in [7, 11) is 0. The number of aromatic nitrogens is 2. The molecule has 1 aromatic heterocycles. The molecule has 1 fully saturated rings. The zero-order valence-electron chi connectivity index (χ0n) is 15.4. The molecule has 146 valence electrons. The molecule has 27 heavy (non-hydrogen) atoms. The number of benzene rings is 1. The lowest BCUT2D eigenvalue weighted by Crippen LogP contribution is -2.32. The third kappa shape index (κ3) is 4.68. The van der Waals surface area contributed by atoms with E-state index >= 15 is 0 Å². The van der Waals surface area contributed by atoms with Crippen LogP contribution in [0.1, 0.15) is 41.8 Å². The molecule has 0 radical (unpaired) electrons. The Kier molecular flexibility index (Phi) is 5.55. The molecule has 2 heterocycles. The lowest BCUT2D eigenvalue weighted by molar-refractivity contribution is -0.138. The third-order valence-electron chi connectivity index (χ3n) is 4.72. The zero-order valence-corrected chi connectivity index (χ0v) is 15.4. The first-order valence-electron chi connectivity index (χ1n) is 8.98. The third-order valence-corrected chi connectivity index (χ3v) is 4.72. The van der Waals surface area contributed by atoms with Gasteiger partial charge in [-0.05, 0) is 57.0 Å². The first-order valence-corrected chi connectivity index (χ1v) is 8.98. The van der Waals surface area contributed by atoms with Crippen LogP contribution < -0.4 is 10.6 Å². The van der Waals surface area contributed by atoms with Crippen molar-refractivity contribution in [1.82, 2.24) is 20.4 Å². The van der Waals surface area contributed by atoms with Crippen molar-refractivity contribution >= 4 is 5.91 Å². The maximum atomic E-state index is 13.5. The van der Waals surface area contributed by atoms with Crippen molar-refractivity contribution in [2.45, 2.75) is 51.9 Å². The lowest BCUT2D eigenvalue weighted by Gasteiger charge is -2.16. The van der Waals surface area contributed by atoms with Gasteiger partial charge in [-0.1, -0.05) is 6.07 Å². The Labute approximate surface area is 155 Å². The van der Waals surface area contributed by atoms with E-state index < -0.39 is 11.7 Å². The molecule has 5 nitrogen and oxygen atoms in total. The van der Waals surface area contributed by atoms with Crippen molar-refractivity contribution in [3.63, 3.8) is 0 Å². The van der Waals surface area contributed by atoms with Gasteiger partial charge in [-0.15, -0.1) is 0 Å². The average Bonchev–Trinajstić information content (AvgIpc) is 3.21. The number of hydrogen-bond acceptors (Lipinski definition) is 3. The van der Waals surface area contributed by atoms with E-state index in [0.717, 1.165) is 36.8 Å². The molecule has 1 aliphatic heterocycles. The fourth-order valence-electron chi connectivity index (χ4n) is 3.43. The fraction of sp³-hybridized carbons (Fsp3) is 0.474. The highest BCUT2D eigenvalue weighted by molar-refractivity contribution is 5.76. The zero-order chi connectivity index (χ0) is 19.6. The Balaban J connectivity index is 1.78. The highest BCUT2D eigenvalue weighted by atomic mass is 19.4. The average molecular weight is 380 g/mol. The van der Waals surface area contributed by atoms with Crippen molar-refractivity contribution in [2.24, 2.45) is 0 Å². The standard InChI is InChI=1S/C19H23F3N4O/c1-12-8-13(2)26(25-12)16-6-5-14(17(10-16)19(20,21)22)11-24-18(27)9-15-4-3-7-23-15/h5-6,8,10,15,23H,3-4,7,9,11H2,1-2H3,(H,24,27). The van der Waals surface area contributed by atoms with Crippen LogP contribution >= 0.6 is 0 Å². The molecule has 1 saturated heterocycles. The maximum absolute atomic E-state index is 13.5. The minimum atomic E-state index is -4.51. The van der Waals surface area contributed by atoms with Gasteiger partial charge in [0.2, 0.25) is 5.91 Å². The summed E-state index contributed by atoms with van der Waals surface area (Å²) in [6, 6.07) is 6.00. The summed E-state index contributed by atoms with van der Waals surface area (Å²) in [6.45, 7) is 4.30. The number of amides is 1. The number of hydrogen-bond donors (Lipinski definition) is 2. The number of nitrogens with one attached hydrogen (secondary N) is 2. The summed E-state index contributed by atoms with van der Waals surface area (Å²) in [4.78, 5) is 12.0. The number of rotatable bonds is 5. The largest absolute Gasteiger partial charge is 0.416 e. The van der Waals surface area contributed by atoms with Crippen LogP contribution in [0, 0.1) is 13.8 Å². The van der Waals surface area contributed by atoms with Gasteiger partial charge < -0.3 is 10.6 Å². The van der Waals surface area contributed by atoms with Crippen LogP contribution in [-0.2, 0) is 17.5 Å². The Morgan fingerprint density at radius 2 is 2.11 bits per heavy atom. The predicted octanol–water partition coefficient (Wildman–Crippen LogP) is 3.27. The molecule has 8 heteroatoms. The second kappa shape index (κ2) is 7.72. The van der Waals surface area contributed by atoms with Crippen LogP contribution in [0.5, 0.6) is 0 Å². The summed E-state index contributed by atoms with van der Waals surface area (Å²) in [6.07, 6.45) is -2.30. The van der Waals surface area contributed by atoms with Gasteiger partial charge in [-0.2, -0.15) is 18.3 Å². The van der Waals surface area contributed by atoms with Gasteiger partial charge in [0, 0.05) is 24.7 Å². The normalized spacial score (nSPS) is 17.3. The highest BCUT2D eigenvalue weighted by Crippen LogP contribution is 2.33. The second-order valence-corrected chi connectivity index (χ2v) is 6.95. The van der Waals surface area contributed by atoms with E-state index in [-0.39, 0.29) is 30.5 Å². The van der Waals surface area contributed by atoms with Gasteiger partial charge in [0.05, 0.1) is 16.9 Å². The number of alkyl halides is 3. The monoisotopic (exact) mass is 380 g/mol. The minimum absolute atomic E-state index is 0.0421. The van der Waals surface area contributed by atoms with Crippen LogP contribution in [0.2, 0.25) is 0 Å². The van der Waals surface area contributed by atoms with Gasteiger partial charge in [-0.3, -0.25) is 4.79 Å². The molecule has 0 saturated carbocycles. The Morgan fingerprint density at radius 1 is 1.33 bits per heavy atom. The van der Waals surface area contributed by atoms with E-state index in [0.29, 0.717) is 5.69 Å². The highest BCUT2D eigenvalue weighted by Gasteiger charge is 2.34. The first kappa shape index (κ1) is 19.4. The van der Waals surface area contributed by atoms with Crippen LogP contribution in [0.4, 0.5) is 13.2 Å². The number of carbonyl (C=O) groups is 1. The van der Waals surface area contributed by atoms with Gasteiger partial charge in [0.1, 0.15) is 0 Å². The van der Waals surface area contributed by atoms with E-state index in [1.807, 2.05) is 0 Å². The molecule has 1 aliphatic rings. The van der Waals surface area contributed by atoms with Crippen molar-refractivity contribution in [1.29, 1.82) is 0 Å². The minimum Gasteiger partial charge on any atom is -0.352 e. The summed E-state index contributed by atoms with van der Waals surface area (Å²) < 4.78 is 42.1. The molecule has 1 unspecified atom stereocenters. The van der Waals surface area contributed by atoms with Crippen molar-refractivity contribution in [3.05, 3.63) is 46.8 Å². The molecule has 0 spiro atoms. The van der Waals surface area contributed by atoms with Gasteiger partial charge in [0.25, 0.3) is 0 Å². The van der Waals surface area contributed by atoms with Gasteiger partial charge in [-0.25, -0.2) is 4.68 Å². The van der Waals surface area contributed by atoms with E-state index in [1.165, 1.54) is 10.7 Å². The number of aryl methyl sites for hydroxylation is 2. The van der Waals surface area contributed by atoms with Crippen LogP contribution in [0.15, 0.2) is 24.3 Å². The van der Waals surface area contributed by atoms with Crippen molar-refractivity contribution < 1.29 is 18.0 Å². The quantitative estimate of drug-likeness (QED) is 0.837. The predicted molar refractivity (Wildman–Crippen MR) is 95.5 cm³/mol. The molecule has 1 aromatic carbocycles.